The fourth-order valence-corrected chi connectivity index (χ4v) is 2.75. The molecule has 6 nitrogen and oxygen atoms in total. The molecule has 1 amide bonds. The molecular formula is C15H14Cl2N4O2. The van der Waals surface area contributed by atoms with E-state index in [1.54, 1.807) is 30.3 Å². The maximum atomic E-state index is 12.2. The van der Waals surface area contributed by atoms with Crippen LogP contribution in [0, 0.1) is 0 Å². The Morgan fingerprint density at radius 2 is 1.78 bits per heavy atom. The van der Waals surface area contributed by atoms with Crippen LogP contribution in [-0.4, -0.2) is 42.4 Å². The summed E-state index contributed by atoms with van der Waals surface area (Å²) in [5.74, 6) is 0.361. The van der Waals surface area contributed by atoms with Gasteiger partial charge in [0.05, 0.1) is 13.2 Å². The third-order valence-electron chi connectivity index (χ3n) is 3.34. The normalized spacial score (nSPS) is 14.6. The molecule has 8 heteroatoms. The van der Waals surface area contributed by atoms with E-state index >= 15 is 0 Å². The lowest BCUT2D eigenvalue weighted by atomic mass is 10.3. The number of ether oxygens (including phenoxy) is 1. The van der Waals surface area contributed by atoms with Crippen molar-refractivity contribution in [3.63, 3.8) is 0 Å². The van der Waals surface area contributed by atoms with Crippen LogP contribution in [0.3, 0.4) is 0 Å². The van der Waals surface area contributed by atoms with E-state index in [0.717, 1.165) is 18.9 Å². The Labute approximate surface area is 143 Å². The van der Waals surface area contributed by atoms with Gasteiger partial charge in [0.1, 0.15) is 0 Å². The van der Waals surface area contributed by atoms with Crippen LogP contribution in [0.1, 0.15) is 10.5 Å². The van der Waals surface area contributed by atoms with E-state index < -0.39 is 0 Å². The van der Waals surface area contributed by atoms with Crippen molar-refractivity contribution in [2.75, 3.05) is 36.5 Å². The zero-order valence-corrected chi connectivity index (χ0v) is 13.6. The van der Waals surface area contributed by atoms with Crippen molar-refractivity contribution in [3.05, 3.63) is 46.1 Å². The Morgan fingerprint density at radius 3 is 2.39 bits per heavy atom. The summed E-state index contributed by atoms with van der Waals surface area (Å²) in [4.78, 5) is 14.3. The predicted molar refractivity (Wildman–Crippen MR) is 89.5 cm³/mol. The van der Waals surface area contributed by atoms with E-state index in [4.69, 9.17) is 27.9 Å². The molecule has 23 heavy (non-hydrogen) atoms. The number of carbonyl (C=O) groups is 1. The van der Waals surface area contributed by atoms with Gasteiger partial charge in [-0.2, -0.15) is 0 Å². The molecule has 0 saturated carbocycles. The number of halogens is 2. The summed E-state index contributed by atoms with van der Waals surface area (Å²) >= 11 is 11.8. The molecule has 0 spiro atoms. The van der Waals surface area contributed by atoms with Gasteiger partial charge in [0, 0.05) is 28.8 Å². The number of benzene rings is 1. The molecule has 1 aliphatic rings. The van der Waals surface area contributed by atoms with E-state index in [0.29, 0.717) is 28.9 Å². The second kappa shape index (κ2) is 7.12. The molecule has 1 aromatic carbocycles. The van der Waals surface area contributed by atoms with Gasteiger partial charge < -0.3 is 15.0 Å². The lowest BCUT2D eigenvalue weighted by Crippen LogP contribution is -2.37. The highest BCUT2D eigenvalue weighted by atomic mass is 35.5. The molecule has 120 valence electrons. The minimum absolute atomic E-state index is 0.220. The molecule has 1 aromatic heterocycles. The van der Waals surface area contributed by atoms with E-state index in [1.165, 1.54) is 0 Å². The highest BCUT2D eigenvalue weighted by Crippen LogP contribution is 2.22. The summed E-state index contributed by atoms with van der Waals surface area (Å²) < 4.78 is 5.29. The van der Waals surface area contributed by atoms with Gasteiger partial charge in [0.25, 0.3) is 5.91 Å². The lowest BCUT2D eigenvalue weighted by Gasteiger charge is -2.27. The number of anilines is 2. The topological polar surface area (TPSA) is 67.4 Å². The smallest absolute Gasteiger partial charge is 0.276 e. The Bertz CT molecular complexity index is 683. The zero-order chi connectivity index (χ0) is 16.2. The molecule has 0 atom stereocenters. The van der Waals surface area contributed by atoms with Gasteiger partial charge in [0.15, 0.2) is 11.5 Å². The van der Waals surface area contributed by atoms with Gasteiger partial charge in [-0.15, -0.1) is 10.2 Å². The van der Waals surface area contributed by atoms with Crippen LogP contribution in [-0.2, 0) is 4.74 Å². The molecular weight excluding hydrogens is 339 g/mol. The first-order valence-corrected chi connectivity index (χ1v) is 7.81. The number of hydrogen-bond acceptors (Lipinski definition) is 5. The highest BCUT2D eigenvalue weighted by Gasteiger charge is 2.15. The highest BCUT2D eigenvalue weighted by molar-refractivity contribution is 6.35. The largest absolute Gasteiger partial charge is 0.378 e. The zero-order valence-electron chi connectivity index (χ0n) is 12.1. The number of morpholine rings is 1. The van der Waals surface area contributed by atoms with Gasteiger partial charge >= 0.3 is 0 Å². The van der Waals surface area contributed by atoms with Gasteiger partial charge in [-0.1, -0.05) is 23.2 Å². The summed E-state index contributed by atoms with van der Waals surface area (Å²) in [7, 11) is 0. The van der Waals surface area contributed by atoms with Gasteiger partial charge in [-0.3, -0.25) is 4.79 Å². The molecule has 1 aliphatic heterocycles. The maximum Gasteiger partial charge on any atom is 0.276 e. The standard InChI is InChI=1S/C15H14Cl2N4O2/c16-10-7-11(17)9-12(8-10)18-15(22)13-1-2-14(20-19-13)21-3-5-23-6-4-21/h1-2,7-9H,3-6H2,(H,18,22). The Balaban J connectivity index is 1.69. The van der Waals surface area contributed by atoms with Gasteiger partial charge in [0.2, 0.25) is 0 Å². The fourth-order valence-electron chi connectivity index (χ4n) is 2.23. The van der Waals surface area contributed by atoms with E-state index in [-0.39, 0.29) is 11.6 Å². The van der Waals surface area contributed by atoms with Crippen molar-refractivity contribution in [1.82, 2.24) is 10.2 Å². The Kier molecular flexibility index (Phi) is 4.95. The van der Waals surface area contributed by atoms with Crippen LogP contribution >= 0.6 is 23.2 Å². The number of aromatic nitrogens is 2. The minimum atomic E-state index is -0.371. The van der Waals surface area contributed by atoms with Gasteiger partial charge in [-0.25, -0.2) is 0 Å². The molecule has 2 heterocycles. The molecule has 3 rings (SSSR count). The average molecular weight is 353 g/mol. The van der Waals surface area contributed by atoms with Crippen molar-refractivity contribution >= 4 is 40.6 Å². The second-order valence-electron chi connectivity index (χ2n) is 4.99. The first-order chi connectivity index (χ1) is 11.1. The van der Waals surface area contributed by atoms with Crippen molar-refractivity contribution in [2.45, 2.75) is 0 Å². The number of amides is 1. The van der Waals surface area contributed by atoms with Crippen LogP contribution in [0.15, 0.2) is 30.3 Å². The van der Waals surface area contributed by atoms with E-state index in [9.17, 15) is 4.79 Å². The summed E-state index contributed by atoms with van der Waals surface area (Å²) in [5, 5.41) is 11.7. The number of hydrogen-bond donors (Lipinski definition) is 1. The van der Waals surface area contributed by atoms with Crippen molar-refractivity contribution in [1.29, 1.82) is 0 Å². The lowest BCUT2D eigenvalue weighted by molar-refractivity contribution is 0.102. The van der Waals surface area contributed by atoms with Crippen molar-refractivity contribution in [3.8, 4) is 0 Å². The van der Waals surface area contributed by atoms with Crippen LogP contribution < -0.4 is 10.2 Å². The predicted octanol–water partition coefficient (Wildman–Crippen LogP) is 2.87. The number of nitrogens with one attached hydrogen (secondary N) is 1. The summed E-state index contributed by atoms with van der Waals surface area (Å²) in [6.07, 6.45) is 0. The molecule has 1 N–H and O–H groups in total. The molecule has 2 aromatic rings. The molecule has 1 saturated heterocycles. The second-order valence-corrected chi connectivity index (χ2v) is 5.86. The number of nitrogens with zero attached hydrogens (tertiary/aromatic N) is 3. The average Bonchev–Trinajstić information content (AvgIpc) is 2.55. The van der Waals surface area contributed by atoms with Crippen LogP contribution in [0.25, 0.3) is 0 Å². The molecule has 0 aliphatic carbocycles. The van der Waals surface area contributed by atoms with Crippen molar-refractivity contribution in [2.24, 2.45) is 0 Å². The third-order valence-corrected chi connectivity index (χ3v) is 3.78. The third kappa shape index (κ3) is 4.10. The summed E-state index contributed by atoms with van der Waals surface area (Å²) in [6.45, 7) is 2.86. The first-order valence-electron chi connectivity index (χ1n) is 7.06. The minimum Gasteiger partial charge on any atom is -0.378 e. The van der Waals surface area contributed by atoms with Crippen LogP contribution in [0.2, 0.25) is 10.0 Å². The summed E-state index contributed by atoms with van der Waals surface area (Å²) in [5.41, 5.74) is 0.727. The van der Waals surface area contributed by atoms with Crippen LogP contribution in [0.5, 0.6) is 0 Å². The first kappa shape index (κ1) is 16.0. The number of rotatable bonds is 3. The molecule has 0 radical (unpaired) electrons. The maximum absolute atomic E-state index is 12.2. The van der Waals surface area contributed by atoms with Crippen LogP contribution in [0.4, 0.5) is 11.5 Å². The SMILES string of the molecule is O=C(Nc1cc(Cl)cc(Cl)c1)c1ccc(N2CCOCC2)nn1. The monoisotopic (exact) mass is 352 g/mol. The molecule has 1 fully saturated rings. The van der Waals surface area contributed by atoms with Gasteiger partial charge in [-0.05, 0) is 30.3 Å². The number of carbonyl (C=O) groups excluding carboxylic acids is 1. The molecule has 0 unspecified atom stereocenters. The molecule has 0 bridgehead atoms. The fraction of sp³-hybridized carbons (Fsp3) is 0.267. The summed E-state index contributed by atoms with van der Waals surface area (Å²) in [6, 6.07) is 8.23. The van der Waals surface area contributed by atoms with E-state index in [1.807, 2.05) is 0 Å². The Morgan fingerprint density at radius 1 is 1.09 bits per heavy atom. The Hall–Kier alpha value is -1.89. The van der Waals surface area contributed by atoms with Crippen molar-refractivity contribution < 1.29 is 9.53 Å². The quantitative estimate of drug-likeness (QED) is 0.919. The van der Waals surface area contributed by atoms with E-state index in [2.05, 4.69) is 20.4 Å².